The van der Waals surface area contributed by atoms with Gasteiger partial charge in [-0.25, -0.2) is 0 Å². The van der Waals surface area contributed by atoms with Crippen LogP contribution in [-0.4, -0.2) is 15.5 Å². The van der Waals surface area contributed by atoms with E-state index in [0.717, 1.165) is 30.2 Å². The quantitative estimate of drug-likeness (QED) is 0.486. The van der Waals surface area contributed by atoms with Gasteiger partial charge < -0.3 is 10.2 Å². The van der Waals surface area contributed by atoms with E-state index in [1.54, 1.807) is 6.07 Å². The molecule has 0 unspecified atom stereocenters. The highest BCUT2D eigenvalue weighted by atomic mass is 79.9. The number of unbranched alkanes of at least 4 members (excludes halogenated alkanes) is 1. The van der Waals surface area contributed by atoms with Crippen LogP contribution in [0.4, 0.5) is 0 Å². The molecular formula is C10H13BrO2. The average molecular weight is 245 g/mol. The maximum atomic E-state index is 9.41. The summed E-state index contributed by atoms with van der Waals surface area (Å²) in [7, 11) is 0. The molecule has 1 aromatic carbocycles. The summed E-state index contributed by atoms with van der Waals surface area (Å²) in [6.07, 6.45) is 2.91. The number of hydrogen-bond acceptors (Lipinski definition) is 2. The molecule has 3 heteroatoms. The first-order valence-electron chi connectivity index (χ1n) is 4.31. The van der Waals surface area contributed by atoms with Crippen LogP contribution < -0.4 is 0 Å². The lowest BCUT2D eigenvalue weighted by molar-refractivity contribution is 0.453. The third kappa shape index (κ3) is 3.27. The van der Waals surface area contributed by atoms with Gasteiger partial charge in [-0.05, 0) is 43.0 Å². The Morgan fingerprint density at radius 1 is 1.15 bits per heavy atom. The first-order valence-corrected chi connectivity index (χ1v) is 5.43. The number of benzene rings is 1. The number of alkyl halides is 1. The van der Waals surface area contributed by atoms with Crippen LogP contribution in [0.1, 0.15) is 18.4 Å². The van der Waals surface area contributed by atoms with Crippen molar-refractivity contribution in [2.24, 2.45) is 0 Å². The van der Waals surface area contributed by atoms with Gasteiger partial charge in [0, 0.05) is 5.33 Å². The van der Waals surface area contributed by atoms with Crippen LogP contribution in [0.3, 0.4) is 0 Å². The predicted octanol–water partition coefficient (Wildman–Crippen LogP) is 2.82. The van der Waals surface area contributed by atoms with E-state index in [1.165, 1.54) is 12.1 Å². The minimum Gasteiger partial charge on any atom is -0.508 e. The lowest BCUT2D eigenvalue weighted by Gasteiger charge is -2.03. The molecule has 1 rings (SSSR count). The molecule has 0 aliphatic carbocycles. The highest BCUT2D eigenvalue weighted by molar-refractivity contribution is 9.09. The number of phenols is 2. The zero-order chi connectivity index (χ0) is 9.68. The smallest absolute Gasteiger partial charge is 0.119 e. The second kappa shape index (κ2) is 5.12. The summed E-state index contributed by atoms with van der Waals surface area (Å²) in [5, 5.41) is 19.6. The van der Waals surface area contributed by atoms with Crippen LogP contribution in [0.2, 0.25) is 0 Å². The lowest BCUT2D eigenvalue weighted by atomic mass is 10.1. The van der Waals surface area contributed by atoms with Gasteiger partial charge in [0.1, 0.15) is 11.5 Å². The number of aryl methyl sites for hydroxylation is 1. The minimum absolute atomic E-state index is 0.214. The van der Waals surface area contributed by atoms with E-state index < -0.39 is 0 Å². The Labute approximate surface area is 86.3 Å². The van der Waals surface area contributed by atoms with E-state index >= 15 is 0 Å². The van der Waals surface area contributed by atoms with Crippen molar-refractivity contribution in [1.82, 2.24) is 0 Å². The zero-order valence-corrected chi connectivity index (χ0v) is 8.92. The summed E-state index contributed by atoms with van der Waals surface area (Å²) in [4.78, 5) is 0. The second-order valence-electron chi connectivity index (χ2n) is 2.96. The molecule has 0 spiro atoms. The van der Waals surface area contributed by atoms with Crippen molar-refractivity contribution in [3.63, 3.8) is 0 Å². The maximum Gasteiger partial charge on any atom is 0.119 e. The van der Waals surface area contributed by atoms with E-state index in [-0.39, 0.29) is 11.5 Å². The standard InChI is InChI=1S/C10H13BrO2/c11-6-2-1-3-8-7-9(12)4-5-10(8)13/h4-5,7,12-13H,1-3,6H2. The Kier molecular flexibility index (Phi) is 4.09. The van der Waals surface area contributed by atoms with Crippen LogP contribution in [0.25, 0.3) is 0 Å². The zero-order valence-electron chi connectivity index (χ0n) is 7.33. The molecule has 0 aromatic heterocycles. The van der Waals surface area contributed by atoms with Gasteiger partial charge in [-0.2, -0.15) is 0 Å². The molecule has 0 saturated heterocycles. The molecule has 0 atom stereocenters. The van der Waals surface area contributed by atoms with Crippen LogP contribution in [0.15, 0.2) is 18.2 Å². The van der Waals surface area contributed by atoms with Crippen molar-refractivity contribution >= 4 is 15.9 Å². The van der Waals surface area contributed by atoms with Gasteiger partial charge in [0.25, 0.3) is 0 Å². The third-order valence-electron chi connectivity index (χ3n) is 1.89. The number of aromatic hydroxyl groups is 2. The molecule has 0 saturated carbocycles. The highest BCUT2D eigenvalue weighted by Crippen LogP contribution is 2.23. The van der Waals surface area contributed by atoms with Crippen molar-refractivity contribution < 1.29 is 10.2 Å². The summed E-state index contributed by atoms with van der Waals surface area (Å²) in [6, 6.07) is 4.63. The molecule has 0 aliphatic heterocycles. The summed E-state index contributed by atoms with van der Waals surface area (Å²) in [5.41, 5.74) is 0.820. The van der Waals surface area contributed by atoms with Crippen LogP contribution >= 0.6 is 15.9 Å². The van der Waals surface area contributed by atoms with Gasteiger partial charge in [0.15, 0.2) is 0 Å². The fourth-order valence-corrected chi connectivity index (χ4v) is 1.58. The third-order valence-corrected chi connectivity index (χ3v) is 2.45. The number of halogens is 1. The molecule has 0 aliphatic rings. The fourth-order valence-electron chi connectivity index (χ4n) is 1.18. The molecular weight excluding hydrogens is 232 g/mol. The van der Waals surface area contributed by atoms with E-state index in [4.69, 9.17) is 0 Å². The van der Waals surface area contributed by atoms with Gasteiger partial charge in [-0.15, -0.1) is 0 Å². The Balaban J connectivity index is 2.59. The second-order valence-corrected chi connectivity index (χ2v) is 3.75. The average Bonchev–Trinajstić information content (AvgIpc) is 2.11. The van der Waals surface area contributed by atoms with Crippen LogP contribution in [0.5, 0.6) is 11.5 Å². The Morgan fingerprint density at radius 3 is 2.62 bits per heavy atom. The van der Waals surface area contributed by atoms with Gasteiger partial charge >= 0.3 is 0 Å². The first kappa shape index (κ1) is 10.4. The van der Waals surface area contributed by atoms with Crippen LogP contribution in [0, 0.1) is 0 Å². The summed E-state index contributed by atoms with van der Waals surface area (Å²) >= 11 is 3.34. The van der Waals surface area contributed by atoms with Gasteiger partial charge in [-0.1, -0.05) is 15.9 Å². The predicted molar refractivity (Wildman–Crippen MR) is 56.5 cm³/mol. The van der Waals surface area contributed by atoms with E-state index in [2.05, 4.69) is 15.9 Å². The highest BCUT2D eigenvalue weighted by Gasteiger charge is 2.01. The molecule has 0 amide bonds. The monoisotopic (exact) mass is 244 g/mol. The first-order chi connectivity index (χ1) is 6.24. The number of phenolic OH excluding ortho intramolecular Hbond substituents is 2. The largest absolute Gasteiger partial charge is 0.508 e. The van der Waals surface area contributed by atoms with Gasteiger partial charge in [0.2, 0.25) is 0 Å². The van der Waals surface area contributed by atoms with Crippen molar-refractivity contribution in [3.8, 4) is 11.5 Å². The Bertz CT molecular complexity index is 274. The summed E-state index contributed by atoms with van der Waals surface area (Å²) < 4.78 is 0. The van der Waals surface area contributed by atoms with E-state index in [0.29, 0.717) is 0 Å². The van der Waals surface area contributed by atoms with E-state index in [1.807, 2.05) is 0 Å². The molecule has 0 heterocycles. The van der Waals surface area contributed by atoms with Crippen molar-refractivity contribution in [1.29, 1.82) is 0 Å². The molecule has 0 fully saturated rings. The van der Waals surface area contributed by atoms with E-state index in [9.17, 15) is 10.2 Å². The van der Waals surface area contributed by atoms with Gasteiger partial charge in [-0.3, -0.25) is 0 Å². The molecule has 13 heavy (non-hydrogen) atoms. The number of rotatable bonds is 4. The molecule has 2 N–H and O–H groups in total. The SMILES string of the molecule is Oc1ccc(O)c(CCCCBr)c1. The van der Waals surface area contributed by atoms with Crippen molar-refractivity contribution in [2.45, 2.75) is 19.3 Å². The molecule has 0 bridgehead atoms. The Morgan fingerprint density at radius 2 is 1.92 bits per heavy atom. The molecule has 72 valence electrons. The van der Waals surface area contributed by atoms with Crippen LogP contribution in [-0.2, 0) is 6.42 Å². The van der Waals surface area contributed by atoms with Crippen molar-refractivity contribution in [2.75, 3.05) is 5.33 Å². The summed E-state index contributed by atoms with van der Waals surface area (Å²) in [5.74, 6) is 0.485. The lowest BCUT2D eigenvalue weighted by Crippen LogP contribution is -1.87. The van der Waals surface area contributed by atoms with Gasteiger partial charge in [0.05, 0.1) is 0 Å². The summed E-state index contributed by atoms with van der Waals surface area (Å²) in [6.45, 7) is 0. The molecule has 2 nitrogen and oxygen atoms in total. The fraction of sp³-hybridized carbons (Fsp3) is 0.400. The molecule has 0 radical (unpaired) electrons. The minimum atomic E-state index is 0.214. The normalized spacial score (nSPS) is 10.2. The Hall–Kier alpha value is -0.700. The van der Waals surface area contributed by atoms with Crippen molar-refractivity contribution in [3.05, 3.63) is 23.8 Å². The maximum absolute atomic E-state index is 9.41. The number of hydrogen-bond donors (Lipinski definition) is 2. The molecule has 1 aromatic rings. The topological polar surface area (TPSA) is 40.5 Å².